The molecule has 0 atom stereocenters. The minimum atomic E-state index is -0.213. The first-order valence-corrected chi connectivity index (χ1v) is 10.4. The zero-order valence-corrected chi connectivity index (χ0v) is 17.2. The van der Waals surface area contributed by atoms with Crippen LogP contribution in [0, 0.1) is 0 Å². The quantitative estimate of drug-likeness (QED) is 0.584. The van der Waals surface area contributed by atoms with Gasteiger partial charge in [-0.3, -0.25) is 9.59 Å². The number of hydrogen-bond donors (Lipinski definition) is 1. The van der Waals surface area contributed by atoms with E-state index in [1.165, 1.54) is 16.7 Å². The largest absolute Gasteiger partial charge is 0.368 e. The van der Waals surface area contributed by atoms with Gasteiger partial charge in [-0.15, -0.1) is 5.10 Å². The van der Waals surface area contributed by atoms with Crippen molar-refractivity contribution >= 4 is 17.5 Å². The molecule has 4 rings (SSSR count). The number of rotatable bonds is 7. The fourth-order valence-corrected chi connectivity index (χ4v) is 3.68. The normalized spacial score (nSPS) is 13.8. The number of carbonyl (C=O) groups is 2. The first-order valence-electron chi connectivity index (χ1n) is 10.4. The summed E-state index contributed by atoms with van der Waals surface area (Å²) in [5.41, 5.74) is 2.29. The molecule has 1 aromatic heterocycles. The Labute approximate surface area is 180 Å². The zero-order chi connectivity index (χ0) is 21.5. The SMILES string of the molecule is O=C(NCCCC(=O)N1CCN(c2ccccc2)CC1)c1ccccc1-n1cnnn1. The molecule has 31 heavy (non-hydrogen) atoms. The molecule has 0 radical (unpaired) electrons. The molecule has 0 bridgehead atoms. The van der Waals surface area contributed by atoms with Gasteiger partial charge in [-0.25, -0.2) is 0 Å². The van der Waals surface area contributed by atoms with Crippen LogP contribution in [-0.4, -0.2) is 69.6 Å². The molecule has 160 valence electrons. The maximum absolute atomic E-state index is 12.6. The first kappa shape index (κ1) is 20.5. The molecule has 2 heterocycles. The third-order valence-electron chi connectivity index (χ3n) is 5.35. The number of anilines is 1. The van der Waals surface area contributed by atoms with Crippen molar-refractivity contribution in [3.05, 3.63) is 66.5 Å². The summed E-state index contributed by atoms with van der Waals surface area (Å²) in [7, 11) is 0. The second-order valence-corrected chi connectivity index (χ2v) is 7.33. The van der Waals surface area contributed by atoms with E-state index >= 15 is 0 Å². The molecule has 1 saturated heterocycles. The van der Waals surface area contributed by atoms with Crippen LogP contribution in [0.25, 0.3) is 5.69 Å². The highest BCUT2D eigenvalue weighted by Crippen LogP contribution is 2.16. The monoisotopic (exact) mass is 419 g/mol. The van der Waals surface area contributed by atoms with Gasteiger partial charge < -0.3 is 15.1 Å². The minimum absolute atomic E-state index is 0.135. The molecule has 2 aromatic carbocycles. The van der Waals surface area contributed by atoms with Gasteiger partial charge in [0.15, 0.2) is 0 Å². The summed E-state index contributed by atoms with van der Waals surface area (Å²) in [5, 5.41) is 14.0. The van der Waals surface area contributed by atoms with Crippen molar-refractivity contribution < 1.29 is 9.59 Å². The van der Waals surface area contributed by atoms with Gasteiger partial charge in [-0.1, -0.05) is 30.3 Å². The molecule has 1 aliphatic rings. The molecule has 2 amide bonds. The van der Waals surface area contributed by atoms with E-state index < -0.39 is 0 Å². The van der Waals surface area contributed by atoms with E-state index in [-0.39, 0.29) is 11.8 Å². The summed E-state index contributed by atoms with van der Waals surface area (Å²) in [4.78, 5) is 29.3. The molecule has 3 aromatic rings. The van der Waals surface area contributed by atoms with E-state index in [0.29, 0.717) is 30.6 Å². The predicted molar refractivity (Wildman–Crippen MR) is 116 cm³/mol. The summed E-state index contributed by atoms with van der Waals surface area (Å²) < 4.78 is 1.45. The standard InChI is InChI=1S/C22H25N7O2/c30-21(28-15-13-27(14-16-28)18-7-2-1-3-8-18)11-6-12-23-22(31)19-9-4-5-10-20(19)29-17-24-25-26-29/h1-5,7-10,17H,6,11-16H2,(H,23,31). The topological polar surface area (TPSA) is 96.2 Å². The van der Waals surface area contributed by atoms with Crippen LogP contribution in [0.15, 0.2) is 60.9 Å². The predicted octanol–water partition coefficient (Wildman–Crippen LogP) is 1.52. The number of hydrogen-bond acceptors (Lipinski definition) is 6. The lowest BCUT2D eigenvalue weighted by Gasteiger charge is -2.36. The molecule has 0 spiro atoms. The smallest absolute Gasteiger partial charge is 0.253 e. The third kappa shape index (κ3) is 5.06. The number of nitrogens with zero attached hydrogens (tertiary/aromatic N) is 6. The molecule has 1 fully saturated rings. The average molecular weight is 419 g/mol. The van der Waals surface area contributed by atoms with Gasteiger partial charge in [0.25, 0.3) is 5.91 Å². The number of nitrogens with one attached hydrogen (secondary N) is 1. The number of piperazine rings is 1. The van der Waals surface area contributed by atoms with Crippen LogP contribution in [0.3, 0.4) is 0 Å². The Balaban J connectivity index is 1.21. The summed E-state index contributed by atoms with van der Waals surface area (Å²) >= 11 is 0. The maximum atomic E-state index is 12.6. The van der Waals surface area contributed by atoms with Crippen molar-refractivity contribution in [2.75, 3.05) is 37.6 Å². The van der Waals surface area contributed by atoms with Crippen molar-refractivity contribution in [3.8, 4) is 5.69 Å². The highest BCUT2D eigenvalue weighted by Gasteiger charge is 2.21. The highest BCUT2D eigenvalue weighted by molar-refractivity contribution is 5.97. The Kier molecular flexibility index (Phi) is 6.51. The molecule has 1 N–H and O–H groups in total. The van der Waals surface area contributed by atoms with Crippen molar-refractivity contribution in [1.29, 1.82) is 0 Å². The van der Waals surface area contributed by atoms with Crippen LogP contribution in [0.5, 0.6) is 0 Å². The molecular formula is C22H25N7O2. The second kappa shape index (κ2) is 9.84. The van der Waals surface area contributed by atoms with Gasteiger partial charge in [-0.05, 0) is 41.1 Å². The number of amides is 2. The Bertz CT molecular complexity index is 1000. The van der Waals surface area contributed by atoms with Gasteiger partial charge in [-0.2, -0.15) is 4.68 Å². The van der Waals surface area contributed by atoms with Gasteiger partial charge in [0.05, 0.1) is 11.3 Å². The van der Waals surface area contributed by atoms with E-state index in [0.717, 1.165) is 26.2 Å². The van der Waals surface area contributed by atoms with Gasteiger partial charge in [0, 0.05) is 44.8 Å². The van der Waals surface area contributed by atoms with Crippen molar-refractivity contribution in [3.63, 3.8) is 0 Å². The fraction of sp³-hybridized carbons (Fsp3) is 0.318. The number of tetrazole rings is 1. The second-order valence-electron chi connectivity index (χ2n) is 7.33. The van der Waals surface area contributed by atoms with E-state index in [1.807, 2.05) is 29.2 Å². The Morgan fingerprint density at radius 3 is 2.42 bits per heavy atom. The highest BCUT2D eigenvalue weighted by atomic mass is 16.2. The number of aromatic nitrogens is 4. The number of benzene rings is 2. The van der Waals surface area contributed by atoms with Gasteiger partial charge in [0.2, 0.25) is 5.91 Å². The third-order valence-corrected chi connectivity index (χ3v) is 5.35. The lowest BCUT2D eigenvalue weighted by atomic mass is 10.1. The molecular weight excluding hydrogens is 394 g/mol. The molecule has 0 aliphatic carbocycles. The lowest BCUT2D eigenvalue weighted by Crippen LogP contribution is -2.48. The minimum Gasteiger partial charge on any atom is -0.368 e. The van der Waals surface area contributed by atoms with Crippen LogP contribution >= 0.6 is 0 Å². The van der Waals surface area contributed by atoms with Gasteiger partial charge in [0.1, 0.15) is 6.33 Å². The van der Waals surface area contributed by atoms with Crippen molar-refractivity contribution in [2.24, 2.45) is 0 Å². The first-order chi connectivity index (χ1) is 15.2. The summed E-state index contributed by atoms with van der Waals surface area (Å²) in [6.45, 7) is 3.54. The maximum Gasteiger partial charge on any atom is 0.253 e. The average Bonchev–Trinajstić information content (AvgIpc) is 3.37. The fourth-order valence-electron chi connectivity index (χ4n) is 3.68. The molecule has 0 saturated carbocycles. The van der Waals surface area contributed by atoms with Crippen LogP contribution in [0.2, 0.25) is 0 Å². The number of para-hydroxylation sites is 2. The van der Waals surface area contributed by atoms with Crippen LogP contribution in [0.1, 0.15) is 23.2 Å². The molecule has 0 unspecified atom stereocenters. The molecule has 1 aliphatic heterocycles. The molecule has 9 nitrogen and oxygen atoms in total. The Hall–Kier alpha value is -3.75. The van der Waals surface area contributed by atoms with Crippen LogP contribution in [0.4, 0.5) is 5.69 Å². The van der Waals surface area contributed by atoms with E-state index in [9.17, 15) is 9.59 Å². The molecule has 9 heteroatoms. The Morgan fingerprint density at radius 1 is 0.935 bits per heavy atom. The zero-order valence-electron chi connectivity index (χ0n) is 17.2. The van der Waals surface area contributed by atoms with Crippen LogP contribution < -0.4 is 10.2 Å². The van der Waals surface area contributed by atoms with E-state index in [4.69, 9.17) is 0 Å². The van der Waals surface area contributed by atoms with Crippen LogP contribution in [-0.2, 0) is 4.79 Å². The van der Waals surface area contributed by atoms with E-state index in [2.05, 4.69) is 37.9 Å². The number of carbonyl (C=O) groups excluding carboxylic acids is 2. The summed E-state index contributed by atoms with van der Waals surface area (Å²) in [6, 6.07) is 17.4. The summed E-state index contributed by atoms with van der Waals surface area (Å²) in [5.74, 6) is -0.0777. The van der Waals surface area contributed by atoms with Crippen molar-refractivity contribution in [2.45, 2.75) is 12.8 Å². The van der Waals surface area contributed by atoms with Gasteiger partial charge >= 0.3 is 0 Å². The van der Waals surface area contributed by atoms with E-state index in [1.54, 1.807) is 18.2 Å². The summed E-state index contributed by atoms with van der Waals surface area (Å²) in [6.07, 6.45) is 2.46. The Morgan fingerprint density at radius 2 is 1.68 bits per heavy atom. The van der Waals surface area contributed by atoms with Crippen molar-refractivity contribution in [1.82, 2.24) is 30.4 Å². The lowest BCUT2D eigenvalue weighted by molar-refractivity contribution is -0.131.